The van der Waals surface area contributed by atoms with E-state index >= 15 is 0 Å². The first-order chi connectivity index (χ1) is 18.9. The lowest BCUT2D eigenvalue weighted by molar-refractivity contribution is -0.117. The zero-order chi connectivity index (χ0) is 27.8. The lowest BCUT2D eigenvalue weighted by atomic mass is 10.0. The molecule has 1 N–H and O–H groups in total. The van der Waals surface area contributed by atoms with Crippen LogP contribution in [0.3, 0.4) is 0 Å². The summed E-state index contributed by atoms with van der Waals surface area (Å²) in [7, 11) is 1.60. The van der Waals surface area contributed by atoms with Crippen LogP contribution in [-0.4, -0.2) is 35.4 Å². The molecule has 8 heteroatoms. The molecule has 0 fully saturated rings. The van der Waals surface area contributed by atoms with Gasteiger partial charge in [0.2, 0.25) is 11.8 Å². The summed E-state index contributed by atoms with van der Waals surface area (Å²) in [6.45, 7) is 6.24. The maximum absolute atomic E-state index is 12.2. The lowest BCUT2D eigenvalue weighted by Crippen LogP contribution is -2.25. The molecule has 0 saturated carbocycles. The zero-order valence-electron chi connectivity index (χ0n) is 22.6. The molecule has 2 amide bonds. The summed E-state index contributed by atoms with van der Waals surface area (Å²) in [5, 5.41) is 3.45. The third-order valence-electron chi connectivity index (χ3n) is 7.00. The van der Waals surface area contributed by atoms with Crippen molar-refractivity contribution in [3.63, 3.8) is 0 Å². The molecule has 0 atom stereocenters. The van der Waals surface area contributed by atoms with Gasteiger partial charge in [-0.15, -0.1) is 0 Å². The molecule has 1 aliphatic heterocycles. The minimum atomic E-state index is -0.251. The molecule has 7 nitrogen and oxygen atoms in total. The number of aryl methyl sites for hydroxylation is 4. The number of hydrogen-bond acceptors (Lipinski definition) is 5. The molecule has 204 valence electrons. The van der Waals surface area contributed by atoms with Gasteiger partial charge >= 0.3 is 0 Å². The Morgan fingerprint density at radius 2 is 1.95 bits per heavy atom. The molecule has 0 saturated heterocycles. The van der Waals surface area contributed by atoms with E-state index in [2.05, 4.69) is 35.1 Å². The molecule has 2 heterocycles. The number of amides is 2. The molecular formula is C31H35ClN4O3. The number of carbonyl (C=O) groups excluding carboxylic acids is 2. The molecule has 2 aromatic carbocycles. The van der Waals surface area contributed by atoms with E-state index in [1.54, 1.807) is 13.3 Å². The van der Waals surface area contributed by atoms with Crippen LogP contribution in [0.1, 0.15) is 54.4 Å². The highest BCUT2D eigenvalue weighted by Gasteiger charge is 2.25. The van der Waals surface area contributed by atoms with Crippen LogP contribution in [-0.2, 0) is 41.7 Å². The summed E-state index contributed by atoms with van der Waals surface area (Å²) in [6, 6.07) is 12.0. The minimum absolute atomic E-state index is 0.177. The van der Waals surface area contributed by atoms with Crippen molar-refractivity contribution < 1.29 is 14.3 Å². The summed E-state index contributed by atoms with van der Waals surface area (Å²) >= 11 is 6.42. The Morgan fingerprint density at radius 1 is 1.13 bits per heavy atom. The van der Waals surface area contributed by atoms with E-state index in [1.807, 2.05) is 30.0 Å². The van der Waals surface area contributed by atoms with Crippen LogP contribution >= 0.6 is 11.6 Å². The van der Waals surface area contributed by atoms with Gasteiger partial charge in [0.05, 0.1) is 24.2 Å². The quantitative estimate of drug-likeness (QED) is 0.213. The molecule has 1 aliphatic rings. The molecule has 0 spiro atoms. The number of rotatable bonds is 13. The Morgan fingerprint density at radius 3 is 2.72 bits per heavy atom. The number of methoxy groups -OCH3 is 1. The van der Waals surface area contributed by atoms with Crippen LogP contribution < -0.4 is 15.0 Å². The van der Waals surface area contributed by atoms with E-state index in [4.69, 9.17) is 21.3 Å². The summed E-state index contributed by atoms with van der Waals surface area (Å²) in [5.74, 6) is 1.41. The van der Waals surface area contributed by atoms with E-state index in [0.717, 1.165) is 79.0 Å². The van der Waals surface area contributed by atoms with Crippen molar-refractivity contribution in [1.29, 1.82) is 0 Å². The average Bonchev–Trinajstić information content (AvgIpc) is 3.26. The van der Waals surface area contributed by atoms with Crippen LogP contribution in [0.5, 0.6) is 5.75 Å². The molecule has 0 unspecified atom stereocenters. The van der Waals surface area contributed by atoms with Gasteiger partial charge in [0, 0.05) is 36.6 Å². The van der Waals surface area contributed by atoms with Crippen LogP contribution in [0, 0.1) is 0 Å². The molecule has 0 bridgehead atoms. The number of ether oxygens (including phenoxy) is 1. The fourth-order valence-corrected chi connectivity index (χ4v) is 5.12. The Kier molecular flexibility index (Phi) is 9.71. The van der Waals surface area contributed by atoms with E-state index in [-0.39, 0.29) is 11.8 Å². The fourth-order valence-electron chi connectivity index (χ4n) is 4.94. The molecular weight excluding hydrogens is 512 g/mol. The Labute approximate surface area is 235 Å². The normalized spacial score (nSPS) is 12.4. The maximum Gasteiger partial charge on any atom is 0.247 e. The Bertz CT molecular complexity index is 1360. The number of unbranched alkanes of at least 4 members (excludes halogenated alkanes) is 1. The monoisotopic (exact) mass is 546 g/mol. The molecule has 3 aromatic rings. The second-order valence-corrected chi connectivity index (χ2v) is 10.0. The lowest BCUT2D eigenvalue weighted by Gasteiger charge is -2.14. The van der Waals surface area contributed by atoms with Crippen LogP contribution in [0.15, 0.2) is 55.3 Å². The van der Waals surface area contributed by atoms with E-state index in [9.17, 15) is 9.59 Å². The highest BCUT2D eigenvalue weighted by atomic mass is 35.5. The average molecular weight is 547 g/mol. The van der Waals surface area contributed by atoms with Crippen LogP contribution in [0.4, 0.5) is 11.4 Å². The smallest absolute Gasteiger partial charge is 0.247 e. The summed E-state index contributed by atoms with van der Waals surface area (Å²) in [4.78, 5) is 35.0. The van der Waals surface area contributed by atoms with Gasteiger partial charge in [-0.05, 0) is 80.3 Å². The third kappa shape index (κ3) is 7.24. The van der Waals surface area contributed by atoms with Gasteiger partial charge in [-0.25, -0.2) is 9.97 Å². The Hall–Kier alpha value is -3.71. The number of benzene rings is 2. The van der Waals surface area contributed by atoms with Gasteiger partial charge < -0.3 is 15.0 Å². The van der Waals surface area contributed by atoms with E-state index in [0.29, 0.717) is 23.7 Å². The number of nitrogens with zero attached hydrogens (tertiary/aromatic N) is 3. The van der Waals surface area contributed by atoms with Crippen LogP contribution in [0.2, 0.25) is 5.02 Å². The fraction of sp³-hybridized carbons (Fsp3) is 0.355. The second-order valence-electron chi connectivity index (χ2n) is 9.64. The van der Waals surface area contributed by atoms with Gasteiger partial charge in [0.1, 0.15) is 11.6 Å². The number of aromatic nitrogens is 2. The summed E-state index contributed by atoms with van der Waals surface area (Å²) < 4.78 is 5.30. The highest BCUT2D eigenvalue weighted by Crippen LogP contribution is 2.30. The van der Waals surface area contributed by atoms with Crippen molar-refractivity contribution in [2.75, 3.05) is 23.9 Å². The van der Waals surface area contributed by atoms with E-state index in [1.165, 1.54) is 11.6 Å². The highest BCUT2D eigenvalue weighted by molar-refractivity contribution is 6.31. The number of carbonyl (C=O) groups is 2. The van der Waals surface area contributed by atoms with Crippen molar-refractivity contribution in [3.05, 3.63) is 88.5 Å². The van der Waals surface area contributed by atoms with Crippen molar-refractivity contribution in [3.8, 4) is 5.75 Å². The topological polar surface area (TPSA) is 84.4 Å². The minimum Gasteiger partial charge on any atom is -0.497 e. The van der Waals surface area contributed by atoms with Crippen molar-refractivity contribution in [2.24, 2.45) is 0 Å². The third-order valence-corrected chi connectivity index (χ3v) is 7.31. The standard InChI is InChI=1S/C31H35ClN4O3/c1-4-30(37)35-27-19-24(39-3)15-14-22(27)10-6-7-11-26-25(32)20-33-29(34-26)12-8-9-21-13-16-28-23(17-21)18-31(38)36(28)5-2/h4,13-17,19-20H,1,5-12,18H2,2-3H3,(H,35,37). The first-order valence-corrected chi connectivity index (χ1v) is 13.8. The number of likely N-dealkylation sites (N-methyl/N-ethyl adjacent to an activating group) is 1. The van der Waals surface area contributed by atoms with Crippen molar-refractivity contribution in [1.82, 2.24) is 9.97 Å². The van der Waals surface area contributed by atoms with Gasteiger partial charge in [-0.1, -0.05) is 36.4 Å². The largest absolute Gasteiger partial charge is 0.497 e. The van der Waals surface area contributed by atoms with Crippen molar-refractivity contribution in [2.45, 2.75) is 58.3 Å². The second kappa shape index (κ2) is 13.4. The SMILES string of the molecule is C=CC(=O)Nc1cc(OC)ccc1CCCCc1nc(CCCc2ccc3c(c2)CC(=O)N3CC)ncc1Cl. The summed E-state index contributed by atoms with van der Waals surface area (Å²) in [6.07, 6.45) is 9.40. The van der Waals surface area contributed by atoms with Crippen LogP contribution in [0.25, 0.3) is 0 Å². The number of fused-ring (bicyclic) bond motifs is 1. The number of nitrogens with one attached hydrogen (secondary N) is 1. The Balaban J connectivity index is 1.28. The first-order valence-electron chi connectivity index (χ1n) is 13.4. The predicted octanol–water partition coefficient (Wildman–Crippen LogP) is 5.91. The number of hydrogen-bond donors (Lipinski definition) is 1. The molecule has 39 heavy (non-hydrogen) atoms. The number of anilines is 2. The maximum atomic E-state index is 12.2. The van der Waals surface area contributed by atoms with Crippen molar-refractivity contribution >= 4 is 34.8 Å². The summed E-state index contributed by atoms with van der Waals surface area (Å²) in [5.41, 5.74) is 6.04. The van der Waals surface area contributed by atoms with Gasteiger partial charge in [0.15, 0.2) is 0 Å². The molecule has 4 rings (SSSR count). The molecule has 1 aromatic heterocycles. The molecule has 0 aliphatic carbocycles. The van der Waals surface area contributed by atoms with Gasteiger partial charge in [0.25, 0.3) is 0 Å². The number of halogens is 1. The predicted molar refractivity (Wildman–Crippen MR) is 156 cm³/mol. The molecule has 0 radical (unpaired) electrons. The zero-order valence-corrected chi connectivity index (χ0v) is 23.4. The van der Waals surface area contributed by atoms with E-state index < -0.39 is 0 Å². The first kappa shape index (κ1) is 28.3. The van der Waals surface area contributed by atoms with Gasteiger partial charge in [-0.3, -0.25) is 9.59 Å². The van der Waals surface area contributed by atoms with Gasteiger partial charge in [-0.2, -0.15) is 0 Å².